The highest BCUT2D eigenvalue weighted by atomic mass is 32.2. The Hall–Kier alpha value is -1.44. The molecule has 0 bridgehead atoms. The smallest absolute Gasteiger partial charge is 0.243 e. The first-order valence-electron chi connectivity index (χ1n) is 7.99. The largest absolute Gasteiger partial charge is 0.328 e. The molecule has 126 valence electrons. The number of benzene rings is 1. The normalized spacial score (nSPS) is 25.4. The van der Waals surface area contributed by atoms with Gasteiger partial charge in [0.05, 0.1) is 4.90 Å². The van der Waals surface area contributed by atoms with E-state index in [1.165, 1.54) is 11.2 Å². The first kappa shape index (κ1) is 16.4. The molecular formula is C16H23N3O3S. The van der Waals surface area contributed by atoms with Crippen LogP contribution in [0, 0.1) is 0 Å². The summed E-state index contributed by atoms with van der Waals surface area (Å²) in [6.45, 7) is 4.46. The molecular weight excluding hydrogens is 314 g/mol. The zero-order valence-corrected chi connectivity index (χ0v) is 14.3. The van der Waals surface area contributed by atoms with Crippen LogP contribution in [0.3, 0.4) is 0 Å². The van der Waals surface area contributed by atoms with Gasteiger partial charge in [0.15, 0.2) is 0 Å². The van der Waals surface area contributed by atoms with E-state index in [0.29, 0.717) is 25.9 Å². The Morgan fingerprint density at radius 1 is 1.30 bits per heavy atom. The first-order chi connectivity index (χ1) is 10.8. The number of piperidine rings is 1. The van der Waals surface area contributed by atoms with Gasteiger partial charge in [-0.3, -0.25) is 4.79 Å². The highest BCUT2D eigenvalue weighted by Crippen LogP contribution is 2.33. The van der Waals surface area contributed by atoms with Crippen LogP contribution >= 0.6 is 0 Å². The van der Waals surface area contributed by atoms with Gasteiger partial charge in [0.2, 0.25) is 15.9 Å². The zero-order chi connectivity index (χ0) is 16.8. The molecule has 2 atom stereocenters. The van der Waals surface area contributed by atoms with Gasteiger partial charge < -0.3 is 10.6 Å². The number of carbonyl (C=O) groups excluding carboxylic acids is 1. The summed E-state index contributed by atoms with van der Waals surface area (Å²) in [5.41, 5.74) is 7.67. The number of nitrogens with two attached hydrogens (primary N) is 1. The fourth-order valence-corrected chi connectivity index (χ4v) is 5.20. The second-order valence-electron chi connectivity index (χ2n) is 6.46. The molecule has 0 aliphatic carbocycles. The Bertz CT molecular complexity index is 732. The SMILES string of the molecule is CC(=O)N1CCc2ccc(S(=O)(=O)N3CC[C@H](N)C[C@@H]3C)cc21. The van der Waals surface area contributed by atoms with E-state index in [0.717, 1.165) is 17.7 Å². The molecule has 2 aliphatic rings. The molecule has 2 aliphatic heterocycles. The van der Waals surface area contributed by atoms with Crippen molar-refractivity contribution in [3.8, 4) is 0 Å². The summed E-state index contributed by atoms with van der Waals surface area (Å²) in [6, 6.07) is 5.07. The van der Waals surface area contributed by atoms with Crippen molar-refractivity contribution >= 4 is 21.6 Å². The summed E-state index contributed by atoms with van der Waals surface area (Å²) in [4.78, 5) is 13.6. The Balaban J connectivity index is 1.95. The molecule has 0 radical (unpaired) electrons. The minimum Gasteiger partial charge on any atom is -0.328 e. The molecule has 1 fully saturated rings. The van der Waals surface area contributed by atoms with E-state index in [1.54, 1.807) is 17.0 Å². The van der Waals surface area contributed by atoms with Gasteiger partial charge in [0.25, 0.3) is 0 Å². The van der Waals surface area contributed by atoms with Crippen LogP contribution in [0.1, 0.15) is 32.3 Å². The number of carbonyl (C=O) groups is 1. The van der Waals surface area contributed by atoms with Crippen LogP contribution in [0.2, 0.25) is 0 Å². The third-order valence-corrected chi connectivity index (χ3v) is 6.80. The van der Waals surface area contributed by atoms with Gasteiger partial charge in [-0.2, -0.15) is 4.31 Å². The second kappa shape index (κ2) is 5.89. The van der Waals surface area contributed by atoms with Crippen LogP contribution in [0.5, 0.6) is 0 Å². The molecule has 2 heterocycles. The van der Waals surface area contributed by atoms with Gasteiger partial charge in [-0.05, 0) is 43.9 Å². The van der Waals surface area contributed by atoms with E-state index in [9.17, 15) is 13.2 Å². The van der Waals surface area contributed by atoms with E-state index in [4.69, 9.17) is 5.73 Å². The van der Waals surface area contributed by atoms with Crippen molar-refractivity contribution in [2.24, 2.45) is 5.73 Å². The monoisotopic (exact) mass is 337 g/mol. The van der Waals surface area contributed by atoms with E-state index in [2.05, 4.69) is 0 Å². The van der Waals surface area contributed by atoms with Crippen LogP contribution in [-0.4, -0.2) is 43.8 Å². The van der Waals surface area contributed by atoms with Gasteiger partial charge >= 0.3 is 0 Å². The molecule has 0 aromatic heterocycles. The summed E-state index contributed by atoms with van der Waals surface area (Å²) < 4.78 is 27.5. The first-order valence-corrected chi connectivity index (χ1v) is 9.43. The second-order valence-corrected chi connectivity index (χ2v) is 8.35. The molecule has 1 aromatic rings. The Morgan fingerprint density at radius 3 is 2.70 bits per heavy atom. The Kier molecular flexibility index (Phi) is 4.20. The zero-order valence-electron chi connectivity index (χ0n) is 13.5. The summed E-state index contributed by atoms with van der Waals surface area (Å²) in [5.74, 6) is -0.0596. The number of amides is 1. The summed E-state index contributed by atoms with van der Waals surface area (Å²) in [6.07, 6.45) is 2.11. The lowest BCUT2D eigenvalue weighted by Crippen LogP contribution is -2.48. The Morgan fingerprint density at radius 2 is 2.04 bits per heavy atom. The van der Waals surface area contributed by atoms with Crippen LogP contribution in [0.15, 0.2) is 23.1 Å². The Labute approximate surface area is 137 Å². The number of anilines is 1. The van der Waals surface area contributed by atoms with Crippen molar-refractivity contribution in [2.45, 2.75) is 50.1 Å². The van der Waals surface area contributed by atoms with Crippen LogP contribution in [-0.2, 0) is 21.2 Å². The van der Waals surface area contributed by atoms with E-state index in [1.807, 2.05) is 13.0 Å². The third-order valence-electron chi connectivity index (χ3n) is 4.79. The topological polar surface area (TPSA) is 83.7 Å². The van der Waals surface area contributed by atoms with Gasteiger partial charge in [0, 0.05) is 37.8 Å². The molecule has 6 nitrogen and oxygen atoms in total. The highest BCUT2D eigenvalue weighted by molar-refractivity contribution is 7.89. The fraction of sp³-hybridized carbons (Fsp3) is 0.562. The number of fused-ring (bicyclic) bond motifs is 1. The molecule has 7 heteroatoms. The van der Waals surface area contributed by atoms with Crippen molar-refractivity contribution in [1.29, 1.82) is 0 Å². The number of sulfonamides is 1. The minimum atomic E-state index is -3.57. The van der Waals surface area contributed by atoms with Gasteiger partial charge in [0.1, 0.15) is 0 Å². The fourth-order valence-electron chi connectivity index (χ4n) is 3.53. The molecule has 1 saturated heterocycles. The number of hydrogen-bond donors (Lipinski definition) is 1. The molecule has 3 rings (SSSR count). The maximum Gasteiger partial charge on any atom is 0.243 e. The van der Waals surface area contributed by atoms with Crippen molar-refractivity contribution in [3.05, 3.63) is 23.8 Å². The van der Waals surface area contributed by atoms with Crippen LogP contribution < -0.4 is 10.6 Å². The lowest BCUT2D eigenvalue weighted by molar-refractivity contribution is -0.116. The summed E-state index contributed by atoms with van der Waals surface area (Å²) in [7, 11) is -3.57. The molecule has 0 saturated carbocycles. The van der Waals surface area contributed by atoms with E-state index < -0.39 is 10.0 Å². The van der Waals surface area contributed by atoms with E-state index in [-0.39, 0.29) is 22.9 Å². The summed E-state index contributed by atoms with van der Waals surface area (Å²) in [5, 5.41) is 0. The van der Waals surface area contributed by atoms with E-state index >= 15 is 0 Å². The number of hydrogen-bond acceptors (Lipinski definition) is 4. The predicted molar refractivity (Wildman–Crippen MR) is 88.7 cm³/mol. The number of rotatable bonds is 2. The van der Waals surface area contributed by atoms with Gasteiger partial charge in [-0.15, -0.1) is 0 Å². The molecule has 1 amide bonds. The average molecular weight is 337 g/mol. The summed E-state index contributed by atoms with van der Waals surface area (Å²) >= 11 is 0. The lowest BCUT2D eigenvalue weighted by atomic mass is 10.0. The highest BCUT2D eigenvalue weighted by Gasteiger charge is 2.34. The number of nitrogens with zero attached hydrogens (tertiary/aromatic N) is 2. The molecule has 1 aromatic carbocycles. The quantitative estimate of drug-likeness (QED) is 0.876. The lowest BCUT2D eigenvalue weighted by Gasteiger charge is -2.35. The molecule has 0 spiro atoms. The standard InChI is InChI=1S/C16H23N3O3S/c1-11-9-14(17)6-8-19(11)23(21,22)15-4-3-13-5-7-18(12(2)20)16(13)10-15/h3-4,10-11,14H,5-9,17H2,1-2H3/t11-,14-/m0/s1. The third kappa shape index (κ3) is 2.88. The van der Waals surface area contributed by atoms with Crippen molar-refractivity contribution < 1.29 is 13.2 Å². The van der Waals surface area contributed by atoms with Gasteiger partial charge in [-0.1, -0.05) is 6.07 Å². The molecule has 23 heavy (non-hydrogen) atoms. The molecule has 2 N–H and O–H groups in total. The average Bonchev–Trinajstić information content (AvgIpc) is 2.89. The van der Waals surface area contributed by atoms with Crippen molar-refractivity contribution in [1.82, 2.24) is 4.31 Å². The predicted octanol–water partition coefficient (Wildman–Crippen LogP) is 1.10. The van der Waals surface area contributed by atoms with Crippen molar-refractivity contribution in [2.75, 3.05) is 18.0 Å². The van der Waals surface area contributed by atoms with Crippen molar-refractivity contribution in [3.63, 3.8) is 0 Å². The minimum absolute atomic E-state index is 0.0596. The van der Waals surface area contributed by atoms with Crippen LogP contribution in [0.4, 0.5) is 5.69 Å². The van der Waals surface area contributed by atoms with Crippen LogP contribution in [0.25, 0.3) is 0 Å². The maximum atomic E-state index is 13.0. The maximum absolute atomic E-state index is 13.0. The molecule has 0 unspecified atom stereocenters. The van der Waals surface area contributed by atoms with Gasteiger partial charge in [-0.25, -0.2) is 8.42 Å².